The summed E-state index contributed by atoms with van der Waals surface area (Å²) in [5.74, 6) is 0.944. The lowest BCUT2D eigenvalue weighted by Crippen LogP contribution is -2.46. The highest BCUT2D eigenvalue weighted by atomic mass is 16.5. The van der Waals surface area contributed by atoms with Crippen LogP contribution in [0, 0.1) is 5.41 Å². The number of carbonyl (C=O) groups excluding carboxylic acids is 1. The van der Waals surface area contributed by atoms with Crippen molar-refractivity contribution in [3.8, 4) is 5.75 Å². The second kappa shape index (κ2) is 6.91. The van der Waals surface area contributed by atoms with E-state index < -0.39 is 5.41 Å². The Morgan fingerprint density at radius 2 is 2.24 bits per heavy atom. The molecule has 1 unspecified atom stereocenters. The number of benzene rings is 1. The van der Waals surface area contributed by atoms with Gasteiger partial charge in [-0.2, -0.15) is 0 Å². The summed E-state index contributed by atoms with van der Waals surface area (Å²) in [6, 6.07) is 7.80. The number of amides is 1. The zero-order chi connectivity index (χ0) is 15.3. The van der Waals surface area contributed by atoms with Crippen LogP contribution in [0.25, 0.3) is 0 Å². The highest BCUT2D eigenvalue weighted by molar-refractivity contribution is 5.83. The van der Waals surface area contributed by atoms with Crippen molar-refractivity contribution in [2.75, 3.05) is 41.0 Å². The molecule has 1 aromatic rings. The molecule has 2 rings (SSSR count). The summed E-state index contributed by atoms with van der Waals surface area (Å²) in [7, 11) is 5.14. The zero-order valence-electron chi connectivity index (χ0n) is 13.0. The fourth-order valence-electron chi connectivity index (χ4n) is 2.91. The van der Waals surface area contributed by atoms with Gasteiger partial charge in [-0.3, -0.25) is 4.79 Å². The van der Waals surface area contributed by atoms with Crippen molar-refractivity contribution in [1.29, 1.82) is 0 Å². The maximum absolute atomic E-state index is 12.8. The maximum atomic E-state index is 12.8. The van der Waals surface area contributed by atoms with E-state index in [1.165, 1.54) is 0 Å². The van der Waals surface area contributed by atoms with Gasteiger partial charge in [0.05, 0.1) is 19.1 Å². The lowest BCUT2D eigenvalue weighted by molar-refractivity contribution is -0.143. The maximum Gasteiger partial charge on any atom is 0.232 e. The minimum absolute atomic E-state index is 0.136. The Hall–Kier alpha value is -1.59. The third-order valence-corrected chi connectivity index (χ3v) is 4.02. The van der Waals surface area contributed by atoms with E-state index in [1.54, 1.807) is 19.1 Å². The fourth-order valence-corrected chi connectivity index (χ4v) is 2.91. The largest absolute Gasteiger partial charge is 0.497 e. The van der Waals surface area contributed by atoms with Crippen molar-refractivity contribution < 1.29 is 14.3 Å². The Morgan fingerprint density at radius 1 is 1.43 bits per heavy atom. The zero-order valence-corrected chi connectivity index (χ0v) is 13.0. The number of ether oxygens (including phenoxy) is 2. The third kappa shape index (κ3) is 3.54. The molecule has 1 aliphatic heterocycles. The molecule has 21 heavy (non-hydrogen) atoms. The monoisotopic (exact) mass is 292 g/mol. The molecule has 1 amide bonds. The van der Waals surface area contributed by atoms with E-state index in [0.29, 0.717) is 19.7 Å². The van der Waals surface area contributed by atoms with Gasteiger partial charge in [0.25, 0.3) is 0 Å². The van der Waals surface area contributed by atoms with Crippen LogP contribution in [-0.2, 0) is 16.1 Å². The molecule has 5 heteroatoms. The van der Waals surface area contributed by atoms with E-state index in [4.69, 9.17) is 9.47 Å². The van der Waals surface area contributed by atoms with Crippen molar-refractivity contribution in [1.82, 2.24) is 10.2 Å². The molecule has 0 radical (unpaired) electrons. The number of nitrogens with zero attached hydrogens (tertiary/aromatic N) is 1. The number of rotatable bonds is 6. The standard InChI is InChI=1S/C16H24N2O3/c1-18(10-13-5-4-6-14(9-13)21-3)15(19)16(12-20-2)7-8-17-11-16/h4-6,9,17H,7-8,10-12H2,1-3H3. The van der Waals surface area contributed by atoms with Gasteiger partial charge < -0.3 is 19.7 Å². The van der Waals surface area contributed by atoms with E-state index in [1.807, 2.05) is 31.3 Å². The smallest absolute Gasteiger partial charge is 0.232 e. The molecule has 1 atom stereocenters. The first-order valence-corrected chi connectivity index (χ1v) is 7.19. The molecule has 1 N–H and O–H groups in total. The van der Waals surface area contributed by atoms with E-state index in [9.17, 15) is 4.79 Å². The highest BCUT2D eigenvalue weighted by Gasteiger charge is 2.42. The van der Waals surface area contributed by atoms with Crippen molar-refractivity contribution in [2.45, 2.75) is 13.0 Å². The van der Waals surface area contributed by atoms with Crippen molar-refractivity contribution in [3.05, 3.63) is 29.8 Å². The number of nitrogens with one attached hydrogen (secondary N) is 1. The minimum atomic E-state index is -0.428. The molecule has 116 valence electrons. The third-order valence-electron chi connectivity index (χ3n) is 4.02. The molecule has 0 saturated carbocycles. The Morgan fingerprint density at radius 3 is 2.86 bits per heavy atom. The molecule has 0 aliphatic carbocycles. The van der Waals surface area contributed by atoms with E-state index in [2.05, 4.69) is 5.32 Å². The first kappa shape index (κ1) is 15.8. The second-order valence-electron chi connectivity index (χ2n) is 5.65. The fraction of sp³-hybridized carbons (Fsp3) is 0.562. The van der Waals surface area contributed by atoms with Gasteiger partial charge in [-0.15, -0.1) is 0 Å². The molecule has 1 aromatic carbocycles. The molecule has 0 aromatic heterocycles. The van der Waals surface area contributed by atoms with Gasteiger partial charge in [0.2, 0.25) is 5.91 Å². The number of hydrogen-bond acceptors (Lipinski definition) is 4. The predicted octanol–water partition coefficient (Wildman–Crippen LogP) is 1.28. The van der Waals surface area contributed by atoms with Gasteiger partial charge in [0.15, 0.2) is 0 Å². The average molecular weight is 292 g/mol. The SMILES string of the molecule is COCC1(C(=O)N(C)Cc2cccc(OC)c2)CCNC1. The van der Waals surface area contributed by atoms with Crippen LogP contribution in [-0.4, -0.2) is 51.8 Å². The van der Waals surface area contributed by atoms with Crippen molar-refractivity contribution >= 4 is 5.91 Å². The van der Waals surface area contributed by atoms with Crippen LogP contribution in [0.4, 0.5) is 0 Å². The first-order chi connectivity index (χ1) is 10.1. The van der Waals surface area contributed by atoms with Crippen molar-refractivity contribution in [2.24, 2.45) is 5.41 Å². The Labute approximate surface area is 126 Å². The summed E-state index contributed by atoms with van der Waals surface area (Å²) in [5, 5.41) is 3.27. The molecule has 1 saturated heterocycles. The predicted molar refractivity (Wildman–Crippen MR) is 81.3 cm³/mol. The quantitative estimate of drug-likeness (QED) is 0.858. The Balaban J connectivity index is 2.07. The van der Waals surface area contributed by atoms with Crippen LogP contribution < -0.4 is 10.1 Å². The van der Waals surface area contributed by atoms with Gasteiger partial charge in [-0.05, 0) is 30.7 Å². The molecule has 1 heterocycles. The van der Waals surface area contributed by atoms with E-state index in [0.717, 1.165) is 24.3 Å². The van der Waals surface area contributed by atoms with Gasteiger partial charge in [-0.25, -0.2) is 0 Å². The molecule has 1 aliphatic rings. The summed E-state index contributed by atoms with van der Waals surface area (Å²) >= 11 is 0. The van der Waals surface area contributed by atoms with Gasteiger partial charge in [-0.1, -0.05) is 12.1 Å². The van der Waals surface area contributed by atoms with Crippen LogP contribution in [0.5, 0.6) is 5.75 Å². The molecular weight excluding hydrogens is 268 g/mol. The minimum Gasteiger partial charge on any atom is -0.497 e. The summed E-state index contributed by atoms with van der Waals surface area (Å²) in [6.07, 6.45) is 0.822. The Bertz CT molecular complexity index is 484. The highest BCUT2D eigenvalue weighted by Crippen LogP contribution is 2.29. The van der Waals surface area contributed by atoms with Crippen LogP contribution in [0.1, 0.15) is 12.0 Å². The van der Waals surface area contributed by atoms with Crippen molar-refractivity contribution in [3.63, 3.8) is 0 Å². The summed E-state index contributed by atoms with van der Waals surface area (Å²) in [5.41, 5.74) is 0.631. The normalized spacial score (nSPS) is 21.3. The number of carbonyl (C=O) groups is 1. The van der Waals surface area contributed by atoms with Gasteiger partial charge >= 0.3 is 0 Å². The van der Waals surface area contributed by atoms with Crippen LogP contribution >= 0.6 is 0 Å². The van der Waals surface area contributed by atoms with E-state index in [-0.39, 0.29) is 5.91 Å². The lowest BCUT2D eigenvalue weighted by Gasteiger charge is -2.31. The molecule has 5 nitrogen and oxygen atoms in total. The summed E-state index contributed by atoms with van der Waals surface area (Å²) in [6.45, 7) is 2.58. The Kier molecular flexibility index (Phi) is 5.20. The van der Waals surface area contributed by atoms with Gasteiger partial charge in [0, 0.05) is 27.2 Å². The topological polar surface area (TPSA) is 50.8 Å². The van der Waals surface area contributed by atoms with E-state index >= 15 is 0 Å². The number of methoxy groups -OCH3 is 2. The first-order valence-electron chi connectivity index (χ1n) is 7.19. The molecular formula is C16H24N2O3. The summed E-state index contributed by atoms with van der Waals surface area (Å²) in [4.78, 5) is 14.6. The van der Waals surface area contributed by atoms with Crippen LogP contribution in [0.2, 0.25) is 0 Å². The van der Waals surface area contributed by atoms with Gasteiger partial charge in [0.1, 0.15) is 5.75 Å². The summed E-state index contributed by atoms with van der Waals surface area (Å²) < 4.78 is 10.5. The second-order valence-corrected chi connectivity index (χ2v) is 5.65. The molecule has 1 fully saturated rings. The molecule has 0 bridgehead atoms. The molecule has 0 spiro atoms. The lowest BCUT2D eigenvalue weighted by atomic mass is 9.86. The number of hydrogen-bond donors (Lipinski definition) is 1. The van der Waals surface area contributed by atoms with Crippen LogP contribution in [0.3, 0.4) is 0 Å². The average Bonchev–Trinajstić information content (AvgIpc) is 2.96. The van der Waals surface area contributed by atoms with Crippen LogP contribution in [0.15, 0.2) is 24.3 Å².